The van der Waals surface area contributed by atoms with Crippen LogP contribution in [0.15, 0.2) is 30.4 Å². The van der Waals surface area contributed by atoms with Gasteiger partial charge >= 0.3 is 0 Å². The number of ether oxygens (including phenoxy) is 2. The number of hydrogen-bond acceptors (Lipinski definition) is 5. The summed E-state index contributed by atoms with van der Waals surface area (Å²) < 4.78 is 10.5. The van der Waals surface area contributed by atoms with Crippen LogP contribution >= 0.6 is 0 Å². The van der Waals surface area contributed by atoms with E-state index in [2.05, 4.69) is 5.32 Å². The predicted octanol–water partition coefficient (Wildman–Crippen LogP) is 1.69. The second kappa shape index (κ2) is 5.91. The zero-order chi connectivity index (χ0) is 17.6. The Hall–Kier alpha value is -2.83. The number of benzene rings is 1. The maximum atomic E-state index is 12.6. The van der Waals surface area contributed by atoms with Crippen LogP contribution in [0.5, 0.6) is 11.5 Å². The van der Waals surface area contributed by atoms with E-state index in [9.17, 15) is 14.4 Å². The van der Waals surface area contributed by atoms with Gasteiger partial charge in [-0.3, -0.25) is 19.3 Å². The van der Waals surface area contributed by atoms with Crippen molar-refractivity contribution in [3.8, 4) is 11.5 Å². The first-order chi connectivity index (χ1) is 12.1. The second-order valence-electron chi connectivity index (χ2n) is 6.44. The molecule has 1 aliphatic carbocycles. The molecular formula is C18H18N2O5. The number of rotatable bonds is 3. The zero-order valence-electron chi connectivity index (χ0n) is 13.7. The molecule has 0 bridgehead atoms. The Balaban J connectivity index is 1.49. The van der Waals surface area contributed by atoms with E-state index in [4.69, 9.17) is 9.47 Å². The highest BCUT2D eigenvalue weighted by atomic mass is 16.7. The maximum Gasteiger partial charge on any atom is 0.247 e. The van der Waals surface area contributed by atoms with Crippen molar-refractivity contribution in [2.45, 2.75) is 25.8 Å². The lowest BCUT2D eigenvalue weighted by atomic mass is 9.85. The molecular weight excluding hydrogens is 324 g/mol. The van der Waals surface area contributed by atoms with Crippen molar-refractivity contribution in [1.82, 2.24) is 4.90 Å². The van der Waals surface area contributed by atoms with Crippen molar-refractivity contribution < 1.29 is 23.9 Å². The minimum absolute atomic E-state index is 0.150. The molecule has 2 aliphatic heterocycles. The van der Waals surface area contributed by atoms with Crippen LogP contribution < -0.4 is 14.8 Å². The molecule has 0 saturated carbocycles. The van der Waals surface area contributed by atoms with E-state index in [0.29, 0.717) is 30.0 Å². The average Bonchev–Trinajstić information content (AvgIpc) is 3.18. The molecule has 1 fully saturated rings. The van der Waals surface area contributed by atoms with Gasteiger partial charge in [0.05, 0.1) is 11.8 Å². The smallest absolute Gasteiger partial charge is 0.247 e. The van der Waals surface area contributed by atoms with Crippen molar-refractivity contribution in [2.75, 3.05) is 12.1 Å². The number of allylic oxidation sites excluding steroid dienone is 2. The molecule has 0 spiro atoms. The van der Waals surface area contributed by atoms with Crippen LogP contribution in [0.1, 0.15) is 19.8 Å². The topological polar surface area (TPSA) is 84.9 Å². The number of fused-ring (bicyclic) bond motifs is 2. The van der Waals surface area contributed by atoms with Crippen LogP contribution in [0.4, 0.5) is 5.69 Å². The van der Waals surface area contributed by atoms with E-state index in [1.54, 1.807) is 25.1 Å². The van der Waals surface area contributed by atoms with Crippen LogP contribution in [0.2, 0.25) is 0 Å². The molecule has 0 aromatic heterocycles. The normalized spacial score (nSPS) is 25.1. The third kappa shape index (κ3) is 2.56. The van der Waals surface area contributed by atoms with E-state index in [1.165, 1.54) is 0 Å². The molecule has 2 heterocycles. The average molecular weight is 342 g/mol. The van der Waals surface area contributed by atoms with Crippen LogP contribution in [0, 0.1) is 11.8 Å². The molecule has 1 aromatic rings. The molecule has 0 radical (unpaired) electrons. The summed E-state index contributed by atoms with van der Waals surface area (Å²) in [4.78, 5) is 38.8. The fourth-order valence-electron chi connectivity index (χ4n) is 3.55. The fourth-order valence-corrected chi connectivity index (χ4v) is 3.55. The first-order valence-electron chi connectivity index (χ1n) is 8.28. The molecule has 25 heavy (non-hydrogen) atoms. The van der Waals surface area contributed by atoms with Gasteiger partial charge in [0.15, 0.2) is 11.5 Å². The monoisotopic (exact) mass is 342 g/mol. The molecule has 7 nitrogen and oxygen atoms in total. The van der Waals surface area contributed by atoms with Gasteiger partial charge in [0, 0.05) is 11.8 Å². The van der Waals surface area contributed by atoms with Gasteiger partial charge in [0.1, 0.15) is 6.04 Å². The van der Waals surface area contributed by atoms with Crippen molar-refractivity contribution in [3.05, 3.63) is 30.4 Å². The Morgan fingerprint density at radius 1 is 1.12 bits per heavy atom. The summed E-state index contributed by atoms with van der Waals surface area (Å²) >= 11 is 0. The van der Waals surface area contributed by atoms with E-state index >= 15 is 0 Å². The largest absolute Gasteiger partial charge is 0.454 e. The summed E-state index contributed by atoms with van der Waals surface area (Å²) in [5.74, 6) is -0.424. The number of carbonyl (C=O) groups is 3. The third-order valence-electron chi connectivity index (χ3n) is 4.95. The van der Waals surface area contributed by atoms with Gasteiger partial charge in [0.2, 0.25) is 24.5 Å². The van der Waals surface area contributed by atoms with Gasteiger partial charge < -0.3 is 14.8 Å². The Morgan fingerprint density at radius 3 is 2.44 bits per heavy atom. The minimum Gasteiger partial charge on any atom is -0.454 e. The lowest BCUT2D eigenvalue weighted by molar-refractivity contribution is -0.146. The Kier molecular flexibility index (Phi) is 3.71. The highest BCUT2D eigenvalue weighted by Crippen LogP contribution is 2.37. The van der Waals surface area contributed by atoms with E-state index in [-0.39, 0.29) is 30.4 Å². The number of hydrogen-bond donors (Lipinski definition) is 1. The Bertz CT molecular complexity index is 762. The summed E-state index contributed by atoms with van der Waals surface area (Å²) in [7, 11) is 0. The molecule has 4 rings (SSSR count). The number of imide groups is 1. The van der Waals surface area contributed by atoms with Crippen molar-refractivity contribution in [3.63, 3.8) is 0 Å². The standard InChI is InChI=1S/C18H18N2O5/c1-10(20-17(22)12-4-2-3-5-13(12)18(20)23)16(21)19-11-6-7-14-15(8-11)25-9-24-14/h2-3,6-8,10,12-13H,4-5,9H2,1H3,(H,19,21)/t10-,12+,13+/m1/s1. The summed E-state index contributed by atoms with van der Waals surface area (Å²) in [6.45, 7) is 1.72. The summed E-state index contributed by atoms with van der Waals surface area (Å²) in [6.07, 6.45) is 4.96. The number of amides is 3. The third-order valence-corrected chi connectivity index (χ3v) is 4.95. The number of carbonyl (C=O) groups excluding carboxylic acids is 3. The lowest BCUT2D eigenvalue weighted by Gasteiger charge is -2.22. The molecule has 7 heteroatoms. The van der Waals surface area contributed by atoms with Gasteiger partial charge in [-0.1, -0.05) is 12.2 Å². The molecule has 1 saturated heterocycles. The maximum absolute atomic E-state index is 12.6. The zero-order valence-corrected chi connectivity index (χ0v) is 13.7. The number of anilines is 1. The number of nitrogens with one attached hydrogen (secondary N) is 1. The van der Waals surface area contributed by atoms with Gasteiger partial charge in [-0.05, 0) is 31.9 Å². The molecule has 3 amide bonds. The molecule has 0 unspecified atom stereocenters. The quantitative estimate of drug-likeness (QED) is 0.667. The summed E-state index contributed by atoms with van der Waals surface area (Å²) in [5.41, 5.74) is 0.527. The number of likely N-dealkylation sites (tertiary alicyclic amines) is 1. The highest BCUT2D eigenvalue weighted by Gasteiger charge is 2.50. The Labute approximate surface area is 144 Å². The SMILES string of the molecule is C[C@H](C(=O)Nc1ccc2c(c1)OCO2)N1C(=O)[C@H]2CC=CC[C@@H]2C1=O. The fraction of sp³-hybridized carbons (Fsp3) is 0.389. The first-order valence-corrected chi connectivity index (χ1v) is 8.28. The first kappa shape index (κ1) is 15.7. The van der Waals surface area contributed by atoms with Gasteiger partial charge in [-0.2, -0.15) is 0 Å². The van der Waals surface area contributed by atoms with Crippen LogP contribution in [-0.2, 0) is 14.4 Å². The van der Waals surface area contributed by atoms with Crippen LogP contribution in [0.25, 0.3) is 0 Å². The van der Waals surface area contributed by atoms with Gasteiger partial charge in [-0.25, -0.2) is 0 Å². The second-order valence-corrected chi connectivity index (χ2v) is 6.44. The molecule has 3 aliphatic rings. The Morgan fingerprint density at radius 2 is 1.76 bits per heavy atom. The highest BCUT2D eigenvalue weighted by molar-refractivity contribution is 6.10. The lowest BCUT2D eigenvalue weighted by Crippen LogP contribution is -2.46. The summed E-state index contributed by atoms with van der Waals surface area (Å²) in [5, 5.41) is 2.73. The molecule has 130 valence electrons. The molecule has 1 N–H and O–H groups in total. The van der Waals surface area contributed by atoms with E-state index in [1.807, 2.05) is 12.2 Å². The minimum atomic E-state index is -0.865. The van der Waals surface area contributed by atoms with Crippen LogP contribution in [-0.4, -0.2) is 35.5 Å². The van der Waals surface area contributed by atoms with Gasteiger partial charge in [-0.15, -0.1) is 0 Å². The summed E-state index contributed by atoms with van der Waals surface area (Å²) in [6, 6.07) is 4.19. The molecule has 1 aromatic carbocycles. The van der Waals surface area contributed by atoms with Crippen molar-refractivity contribution in [2.24, 2.45) is 11.8 Å². The van der Waals surface area contributed by atoms with E-state index < -0.39 is 11.9 Å². The predicted molar refractivity (Wildman–Crippen MR) is 87.9 cm³/mol. The van der Waals surface area contributed by atoms with E-state index in [0.717, 1.165) is 4.90 Å². The van der Waals surface area contributed by atoms with Gasteiger partial charge in [0.25, 0.3) is 0 Å². The molecule has 3 atom stereocenters. The van der Waals surface area contributed by atoms with Crippen molar-refractivity contribution >= 4 is 23.4 Å². The van der Waals surface area contributed by atoms with Crippen molar-refractivity contribution in [1.29, 1.82) is 0 Å². The van der Waals surface area contributed by atoms with Crippen LogP contribution in [0.3, 0.4) is 0 Å². The number of nitrogens with zero attached hydrogens (tertiary/aromatic N) is 1.